The summed E-state index contributed by atoms with van der Waals surface area (Å²) in [7, 11) is 0. The fourth-order valence-electron chi connectivity index (χ4n) is 3.39. The van der Waals surface area contributed by atoms with Crippen LogP contribution in [0.3, 0.4) is 0 Å². The summed E-state index contributed by atoms with van der Waals surface area (Å²) in [5.74, 6) is 1.84. The van der Waals surface area contributed by atoms with Gasteiger partial charge in [0.2, 0.25) is 0 Å². The lowest BCUT2D eigenvalue weighted by molar-refractivity contribution is 0.267. The highest BCUT2D eigenvalue weighted by molar-refractivity contribution is 9.10. The summed E-state index contributed by atoms with van der Waals surface area (Å²) in [6.07, 6.45) is 12.7. The Balaban J connectivity index is 1.49. The number of nitrogens with zero attached hydrogens (tertiary/aromatic N) is 3. The van der Waals surface area contributed by atoms with Crippen LogP contribution in [0.4, 0.5) is 0 Å². The van der Waals surface area contributed by atoms with E-state index in [2.05, 4.69) is 42.5 Å². The summed E-state index contributed by atoms with van der Waals surface area (Å²) in [4.78, 5) is 8.58. The minimum absolute atomic E-state index is 0.838. The topological polar surface area (TPSA) is 42.2 Å². The van der Waals surface area contributed by atoms with Crippen LogP contribution in [-0.4, -0.2) is 20.9 Å². The number of imidazole rings is 1. The lowest BCUT2D eigenvalue weighted by Crippen LogP contribution is -2.21. The summed E-state index contributed by atoms with van der Waals surface area (Å²) < 4.78 is 2.93. The summed E-state index contributed by atoms with van der Waals surface area (Å²) in [5.41, 5.74) is 2.08. The van der Waals surface area contributed by atoms with Crippen molar-refractivity contribution in [2.45, 2.75) is 45.6 Å². The van der Waals surface area contributed by atoms with E-state index in [1.807, 2.05) is 12.4 Å². The quantitative estimate of drug-likeness (QED) is 0.834. The summed E-state index contributed by atoms with van der Waals surface area (Å²) in [6.45, 7) is 4.35. The summed E-state index contributed by atoms with van der Waals surface area (Å²) in [6, 6.07) is 0. The zero-order valence-electron chi connectivity index (χ0n) is 12.6. The number of hydrogen-bond donors (Lipinski definition) is 1. The second-order valence-corrected chi connectivity index (χ2v) is 7.10. The van der Waals surface area contributed by atoms with Crippen molar-refractivity contribution in [2.75, 3.05) is 6.54 Å². The van der Waals surface area contributed by atoms with E-state index in [1.165, 1.54) is 37.8 Å². The molecule has 0 aromatic carbocycles. The second kappa shape index (κ2) is 6.88. The SMILES string of the molecule is CC1CCCC(CCNCc2cnc3cnc(Br)cn23)C1. The van der Waals surface area contributed by atoms with Crippen molar-refractivity contribution in [3.05, 3.63) is 28.9 Å². The van der Waals surface area contributed by atoms with Gasteiger partial charge in [0.1, 0.15) is 4.60 Å². The van der Waals surface area contributed by atoms with Crippen LogP contribution in [0.1, 0.15) is 44.7 Å². The van der Waals surface area contributed by atoms with Crippen LogP contribution in [0.15, 0.2) is 23.2 Å². The summed E-state index contributed by atoms with van der Waals surface area (Å²) >= 11 is 3.41. The largest absolute Gasteiger partial charge is 0.311 e. The minimum Gasteiger partial charge on any atom is -0.311 e. The molecule has 5 heteroatoms. The normalized spacial score (nSPS) is 22.8. The lowest BCUT2D eigenvalue weighted by atomic mass is 9.81. The van der Waals surface area contributed by atoms with E-state index in [0.29, 0.717) is 0 Å². The van der Waals surface area contributed by atoms with E-state index in [4.69, 9.17) is 0 Å². The maximum absolute atomic E-state index is 4.38. The molecule has 0 saturated heterocycles. The van der Waals surface area contributed by atoms with Crippen LogP contribution in [0, 0.1) is 11.8 Å². The molecule has 2 unspecified atom stereocenters. The Labute approximate surface area is 134 Å². The Morgan fingerprint density at radius 2 is 2.24 bits per heavy atom. The Kier molecular flexibility index (Phi) is 4.91. The highest BCUT2D eigenvalue weighted by atomic mass is 79.9. The Morgan fingerprint density at radius 1 is 1.33 bits per heavy atom. The molecule has 114 valence electrons. The Bertz CT molecular complexity index is 595. The lowest BCUT2D eigenvalue weighted by Gasteiger charge is -2.26. The first-order valence-electron chi connectivity index (χ1n) is 7.90. The molecule has 1 fully saturated rings. The van der Waals surface area contributed by atoms with Gasteiger partial charge in [0, 0.05) is 12.7 Å². The molecule has 21 heavy (non-hydrogen) atoms. The maximum atomic E-state index is 4.38. The molecule has 3 rings (SSSR count). The molecule has 0 bridgehead atoms. The standard InChI is InChI=1S/C16H23BrN4/c1-12-3-2-4-13(7-12)5-6-18-8-14-9-20-16-10-19-15(17)11-21(14)16/h9-13,18H,2-8H2,1H3. The number of halogens is 1. The molecule has 1 saturated carbocycles. The van der Waals surface area contributed by atoms with Gasteiger partial charge in [0.25, 0.3) is 0 Å². The average Bonchev–Trinajstić information content (AvgIpc) is 2.86. The predicted molar refractivity (Wildman–Crippen MR) is 88.1 cm³/mol. The highest BCUT2D eigenvalue weighted by Crippen LogP contribution is 2.30. The van der Waals surface area contributed by atoms with Crippen molar-refractivity contribution in [2.24, 2.45) is 11.8 Å². The van der Waals surface area contributed by atoms with Crippen molar-refractivity contribution in [3.8, 4) is 0 Å². The summed E-state index contributed by atoms with van der Waals surface area (Å²) in [5, 5.41) is 3.56. The molecule has 1 N–H and O–H groups in total. The van der Waals surface area contributed by atoms with E-state index in [9.17, 15) is 0 Å². The Morgan fingerprint density at radius 3 is 3.10 bits per heavy atom. The number of hydrogen-bond acceptors (Lipinski definition) is 3. The monoisotopic (exact) mass is 350 g/mol. The molecule has 2 atom stereocenters. The number of rotatable bonds is 5. The van der Waals surface area contributed by atoms with Gasteiger partial charge in [-0.15, -0.1) is 0 Å². The predicted octanol–water partition coefficient (Wildman–Crippen LogP) is 3.80. The van der Waals surface area contributed by atoms with Crippen LogP contribution >= 0.6 is 15.9 Å². The fraction of sp³-hybridized carbons (Fsp3) is 0.625. The van der Waals surface area contributed by atoms with Crippen LogP contribution in [0.2, 0.25) is 0 Å². The maximum Gasteiger partial charge on any atom is 0.155 e. The van der Waals surface area contributed by atoms with Gasteiger partial charge in [0.05, 0.1) is 18.1 Å². The van der Waals surface area contributed by atoms with Gasteiger partial charge in [-0.2, -0.15) is 0 Å². The molecule has 2 heterocycles. The first kappa shape index (κ1) is 15.0. The first-order chi connectivity index (χ1) is 10.2. The van der Waals surface area contributed by atoms with Crippen LogP contribution < -0.4 is 5.32 Å². The molecule has 0 spiro atoms. The molecule has 1 aliphatic rings. The van der Waals surface area contributed by atoms with Gasteiger partial charge in [-0.1, -0.05) is 26.2 Å². The van der Waals surface area contributed by atoms with Gasteiger partial charge >= 0.3 is 0 Å². The zero-order valence-corrected chi connectivity index (χ0v) is 14.1. The highest BCUT2D eigenvalue weighted by Gasteiger charge is 2.18. The molecule has 4 nitrogen and oxygen atoms in total. The van der Waals surface area contributed by atoms with Crippen LogP contribution in [0.5, 0.6) is 0 Å². The third-order valence-electron chi connectivity index (χ3n) is 4.52. The van der Waals surface area contributed by atoms with E-state index < -0.39 is 0 Å². The molecular weight excluding hydrogens is 328 g/mol. The number of nitrogens with one attached hydrogen (secondary N) is 1. The van der Waals surface area contributed by atoms with Crippen molar-refractivity contribution in [1.82, 2.24) is 19.7 Å². The van der Waals surface area contributed by atoms with Gasteiger partial charge in [-0.25, -0.2) is 9.97 Å². The van der Waals surface area contributed by atoms with Crippen molar-refractivity contribution >= 4 is 21.6 Å². The smallest absolute Gasteiger partial charge is 0.155 e. The molecular formula is C16H23BrN4. The van der Waals surface area contributed by atoms with Crippen molar-refractivity contribution < 1.29 is 0 Å². The Hall–Kier alpha value is -0.940. The van der Waals surface area contributed by atoms with Gasteiger partial charge in [0.15, 0.2) is 5.65 Å². The van der Waals surface area contributed by atoms with Crippen molar-refractivity contribution in [3.63, 3.8) is 0 Å². The second-order valence-electron chi connectivity index (χ2n) is 6.29. The third-order valence-corrected chi connectivity index (χ3v) is 4.93. The zero-order chi connectivity index (χ0) is 14.7. The minimum atomic E-state index is 0.838. The molecule has 0 aliphatic heterocycles. The first-order valence-corrected chi connectivity index (χ1v) is 8.70. The average molecular weight is 351 g/mol. The van der Waals surface area contributed by atoms with E-state index in [-0.39, 0.29) is 0 Å². The van der Waals surface area contributed by atoms with E-state index in [0.717, 1.165) is 35.2 Å². The number of aromatic nitrogens is 3. The van der Waals surface area contributed by atoms with Crippen molar-refractivity contribution in [1.29, 1.82) is 0 Å². The molecule has 0 amide bonds. The third kappa shape index (κ3) is 3.83. The number of fused-ring (bicyclic) bond motifs is 1. The van der Waals surface area contributed by atoms with Gasteiger partial charge in [-0.05, 0) is 47.2 Å². The molecule has 0 radical (unpaired) electrons. The molecule has 2 aromatic rings. The molecule has 1 aliphatic carbocycles. The van der Waals surface area contributed by atoms with Gasteiger partial charge < -0.3 is 5.32 Å². The molecule has 2 aromatic heterocycles. The van der Waals surface area contributed by atoms with Crippen LogP contribution in [0.25, 0.3) is 5.65 Å². The van der Waals surface area contributed by atoms with E-state index in [1.54, 1.807) is 6.20 Å². The van der Waals surface area contributed by atoms with Crippen LogP contribution in [-0.2, 0) is 6.54 Å². The van der Waals surface area contributed by atoms with Gasteiger partial charge in [-0.3, -0.25) is 4.40 Å². The fourth-order valence-corrected chi connectivity index (χ4v) is 3.70. The van der Waals surface area contributed by atoms with E-state index >= 15 is 0 Å².